The summed E-state index contributed by atoms with van der Waals surface area (Å²) < 4.78 is 0. The van der Waals surface area contributed by atoms with Crippen LogP contribution in [0.4, 0.5) is 0 Å². The maximum absolute atomic E-state index is 11.4. The predicted octanol–water partition coefficient (Wildman–Crippen LogP) is 3.63. The van der Waals surface area contributed by atoms with E-state index in [0.717, 1.165) is 0 Å². The number of hydrogen-bond donors (Lipinski definition) is 2. The fraction of sp³-hybridized carbons (Fsp3) is 0.562. The normalized spacial score (nSPS) is 15.7. The lowest BCUT2D eigenvalue weighted by Crippen LogP contribution is -2.50. The molecule has 0 aromatic heterocycles. The quantitative estimate of drug-likeness (QED) is 0.754. The second-order valence-corrected chi connectivity index (χ2v) is 7.06. The Morgan fingerprint density at radius 2 is 2.05 bits per heavy atom. The van der Waals surface area contributed by atoms with Crippen molar-refractivity contribution < 1.29 is 9.90 Å². The van der Waals surface area contributed by atoms with Crippen molar-refractivity contribution in [2.45, 2.75) is 56.7 Å². The number of carboxylic acids is 1. The highest BCUT2D eigenvalue weighted by molar-refractivity contribution is 7.99. The Morgan fingerprint density at radius 1 is 1.40 bits per heavy atom. The molecule has 2 unspecified atom stereocenters. The Morgan fingerprint density at radius 3 is 2.55 bits per heavy atom. The van der Waals surface area contributed by atoms with Gasteiger partial charge in [0.25, 0.3) is 0 Å². The molecule has 4 heteroatoms. The summed E-state index contributed by atoms with van der Waals surface area (Å²) >= 11 is 1.73. The van der Waals surface area contributed by atoms with Gasteiger partial charge in [0.1, 0.15) is 5.54 Å². The average Bonchev–Trinajstić information content (AvgIpc) is 2.33. The topological polar surface area (TPSA) is 49.3 Å². The summed E-state index contributed by atoms with van der Waals surface area (Å²) in [6.45, 7) is 10.6. The predicted molar refractivity (Wildman–Crippen MR) is 85.6 cm³/mol. The molecule has 3 nitrogen and oxygen atoms in total. The van der Waals surface area contributed by atoms with Crippen molar-refractivity contribution in [2.75, 3.05) is 6.54 Å². The standard InChI is InChI=1S/C16H25NO2S/c1-6-17-16(5,15(18)19)10-13(4)20-14-8-7-11(2)12(3)9-14/h7-9,13,17H,6,10H2,1-5H3,(H,18,19). The molecule has 0 aliphatic heterocycles. The maximum atomic E-state index is 11.4. The summed E-state index contributed by atoms with van der Waals surface area (Å²) in [6, 6.07) is 6.39. The molecule has 0 saturated heterocycles. The van der Waals surface area contributed by atoms with Crippen molar-refractivity contribution in [1.82, 2.24) is 5.32 Å². The van der Waals surface area contributed by atoms with Crippen molar-refractivity contribution >= 4 is 17.7 Å². The highest BCUT2D eigenvalue weighted by atomic mass is 32.2. The van der Waals surface area contributed by atoms with E-state index in [1.54, 1.807) is 18.7 Å². The minimum absolute atomic E-state index is 0.234. The van der Waals surface area contributed by atoms with Crippen LogP contribution in [0.25, 0.3) is 0 Å². The second-order valence-electron chi connectivity index (χ2n) is 5.55. The third kappa shape index (κ3) is 4.53. The van der Waals surface area contributed by atoms with Gasteiger partial charge in [0.05, 0.1) is 0 Å². The van der Waals surface area contributed by atoms with E-state index >= 15 is 0 Å². The van der Waals surface area contributed by atoms with Gasteiger partial charge in [-0.2, -0.15) is 0 Å². The number of likely N-dealkylation sites (N-methyl/N-ethyl adjacent to an activating group) is 1. The molecule has 0 aliphatic rings. The van der Waals surface area contributed by atoms with Crippen LogP contribution in [0.15, 0.2) is 23.1 Å². The first-order chi connectivity index (χ1) is 9.28. The number of carboxylic acid groups (broad SMARTS) is 1. The van der Waals surface area contributed by atoms with Gasteiger partial charge in [0, 0.05) is 10.1 Å². The van der Waals surface area contributed by atoms with Gasteiger partial charge in [-0.15, -0.1) is 11.8 Å². The van der Waals surface area contributed by atoms with E-state index in [-0.39, 0.29) is 5.25 Å². The number of hydrogen-bond acceptors (Lipinski definition) is 3. The zero-order chi connectivity index (χ0) is 15.3. The summed E-state index contributed by atoms with van der Waals surface area (Å²) in [5, 5.41) is 12.7. The van der Waals surface area contributed by atoms with Gasteiger partial charge in [-0.25, -0.2) is 0 Å². The molecule has 0 bridgehead atoms. The number of rotatable bonds is 7. The molecule has 20 heavy (non-hydrogen) atoms. The van der Waals surface area contributed by atoms with E-state index in [1.165, 1.54) is 16.0 Å². The van der Waals surface area contributed by atoms with E-state index in [4.69, 9.17) is 0 Å². The summed E-state index contributed by atoms with van der Waals surface area (Å²) in [5.74, 6) is -0.785. The van der Waals surface area contributed by atoms with E-state index in [0.29, 0.717) is 13.0 Å². The van der Waals surface area contributed by atoms with Crippen LogP contribution >= 0.6 is 11.8 Å². The molecule has 0 heterocycles. The van der Waals surface area contributed by atoms with Crippen LogP contribution < -0.4 is 5.32 Å². The summed E-state index contributed by atoms with van der Waals surface area (Å²) in [4.78, 5) is 12.6. The van der Waals surface area contributed by atoms with E-state index in [9.17, 15) is 9.90 Å². The number of aliphatic carboxylic acids is 1. The molecule has 112 valence electrons. The molecule has 2 atom stereocenters. The van der Waals surface area contributed by atoms with Crippen LogP contribution in [-0.2, 0) is 4.79 Å². The van der Waals surface area contributed by atoms with Crippen LogP contribution in [0.2, 0.25) is 0 Å². The summed E-state index contributed by atoms with van der Waals surface area (Å²) in [5.41, 5.74) is 1.70. The Balaban J connectivity index is 2.72. The molecule has 0 spiro atoms. The maximum Gasteiger partial charge on any atom is 0.323 e. The fourth-order valence-electron chi connectivity index (χ4n) is 2.26. The average molecular weight is 295 g/mol. The van der Waals surface area contributed by atoms with E-state index < -0.39 is 11.5 Å². The molecule has 0 fully saturated rings. The minimum atomic E-state index is -0.860. The summed E-state index contributed by atoms with van der Waals surface area (Å²) in [7, 11) is 0. The van der Waals surface area contributed by atoms with Gasteiger partial charge >= 0.3 is 5.97 Å². The second kappa shape index (κ2) is 7.14. The number of carbonyl (C=O) groups is 1. The van der Waals surface area contributed by atoms with Crippen LogP contribution in [-0.4, -0.2) is 28.4 Å². The SMILES string of the molecule is CCNC(C)(CC(C)Sc1ccc(C)c(C)c1)C(=O)O. The van der Waals surface area contributed by atoms with Gasteiger partial charge < -0.3 is 10.4 Å². The number of thioether (sulfide) groups is 1. The minimum Gasteiger partial charge on any atom is -0.480 e. The third-order valence-electron chi connectivity index (χ3n) is 3.55. The van der Waals surface area contributed by atoms with Gasteiger partial charge in [0.2, 0.25) is 0 Å². The Labute approximate surface area is 126 Å². The zero-order valence-corrected chi connectivity index (χ0v) is 13.8. The molecule has 0 amide bonds. The molecule has 0 radical (unpaired) electrons. The lowest BCUT2D eigenvalue weighted by Gasteiger charge is -2.28. The van der Waals surface area contributed by atoms with E-state index in [2.05, 4.69) is 44.3 Å². The van der Waals surface area contributed by atoms with Crippen LogP contribution in [0.3, 0.4) is 0 Å². The third-order valence-corrected chi connectivity index (χ3v) is 4.65. The first-order valence-corrected chi connectivity index (χ1v) is 7.89. The monoisotopic (exact) mass is 295 g/mol. The van der Waals surface area contributed by atoms with Crippen LogP contribution in [0.5, 0.6) is 0 Å². The van der Waals surface area contributed by atoms with Crippen molar-refractivity contribution in [1.29, 1.82) is 0 Å². The number of benzene rings is 1. The fourth-order valence-corrected chi connectivity index (χ4v) is 3.53. The van der Waals surface area contributed by atoms with Crippen LogP contribution in [0, 0.1) is 13.8 Å². The van der Waals surface area contributed by atoms with Gasteiger partial charge in [-0.1, -0.05) is 19.9 Å². The number of aryl methyl sites for hydroxylation is 2. The Bertz CT molecular complexity index is 476. The van der Waals surface area contributed by atoms with Gasteiger partial charge in [-0.3, -0.25) is 4.79 Å². The smallest absolute Gasteiger partial charge is 0.323 e. The molecule has 2 N–H and O–H groups in total. The highest BCUT2D eigenvalue weighted by Crippen LogP contribution is 2.30. The first kappa shape index (κ1) is 17.1. The largest absolute Gasteiger partial charge is 0.480 e. The molecule has 1 aromatic carbocycles. The molecule has 1 rings (SSSR count). The van der Waals surface area contributed by atoms with E-state index in [1.807, 2.05) is 6.92 Å². The molecule has 0 saturated carbocycles. The summed E-state index contributed by atoms with van der Waals surface area (Å²) in [6.07, 6.45) is 0.591. The van der Waals surface area contributed by atoms with Gasteiger partial charge in [-0.05, 0) is 57.0 Å². The van der Waals surface area contributed by atoms with Crippen molar-refractivity contribution in [3.63, 3.8) is 0 Å². The van der Waals surface area contributed by atoms with Crippen molar-refractivity contribution in [3.05, 3.63) is 29.3 Å². The highest BCUT2D eigenvalue weighted by Gasteiger charge is 2.33. The van der Waals surface area contributed by atoms with Crippen molar-refractivity contribution in [2.24, 2.45) is 0 Å². The molecule has 1 aromatic rings. The molecular weight excluding hydrogens is 270 g/mol. The lowest BCUT2D eigenvalue weighted by molar-refractivity contribution is -0.144. The zero-order valence-electron chi connectivity index (χ0n) is 13.0. The van der Waals surface area contributed by atoms with Gasteiger partial charge in [0.15, 0.2) is 0 Å². The molecule has 0 aliphatic carbocycles. The molecular formula is C16H25NO2S. The van der Waals surface area contributed by atoms with Crippen LogP contribution in [0.1, 0.15) is 38.3 Å². The van der Waals surface area contributed by atoms with Crippen molar-refractivity contribution in [3.8, 4) is 0 Å². The Hall–Kier alpha value is -1.00. The first-order valence-electron chi connectivity index (χ1n) is 7.01. The Kier molecular flexibility index (Phi) is 6.08. The number of nitrogens with one attached hydrogen (secondary N) is 1. The lowest BCUT2D eigenvalue weighted by atomic mass is 9.96.